The lowest BCUT2D eigenvalue weighted by Crippen LogP contribution is -2.45. The summed E-state index contributed by atoms with van der Waals surface area (Å²) < 4.78 is 11.7. The highest BCUT2D eigenvalue weighted by Gasteiger charge is 2.25. The molecular formula is C23H36N4O3. The highest BCUT2D eigenvalue weighted by atomic mass is 16.5. The number of carbonyl (C=O) groups is 1. The van der Waals surface area contributed by atoms with Crippen molar-refractivity contribution in [2.24, 2.45) is 4.99 Å². The van der Waals surface area contributed by atoms with Crippen LogP contribution in [0, 0.1) is 0 Å². The molecule has 3 rings (SSSR count). The molecule has 1 aliphatic heterocycles. The number of likely N-dealkylation sites (tertiary alicyclic amines) is 1. The van der Waals surface area contributed by atoms with E-state index in [1.54, 1.807) is 7.11 Å². The van der Waals surface area contributed by atoms with E-state index in [-0.39, 0.29) is 11.9 Å². The van der Waals surface area contributed by atoms with E-state index in [9.17, 15) is 4.79 Å². The Balaban J connectivity index is 1.60. The Hall–Kier alpha value is -2.44. The lowest BCUT2D eigenvalue weighted by molar-refractivity contribution is -0.129. The molecular weight excluding hydrogens is 380 g/mol. The van der Waals surface area contributed by atoms with Crippen LogP contribution in [0.15, 0.2) is 23.2 Å². The molecule has 1 amide bonds. The number of methoxy groups -OCH3 is 1. The maximum absolute atomic E-state index is 11.9. The van der Waals surface area contributed by atoms with Gasteiger partial charge in [-0.25, -0.2) is 4.99 Å². The topological polar surface area (TPSA) is 75.2 Å². The number of hydrogen-bond acceptors (Lipinski definition) is 4. The average Bonchev–Trinajstić information content (AvgIpc) is 3.44. The van der Waals surface area contributed by atoms with Gasteiger partial charge in [-0.1, -0.05) is 13.0 Å². The number of amides is 1. The first-order valence-electron chi connectivity index (χ1n) is 11.3. The van der Waals surface area contributed by atoms with E-state index >= 15 is 0 Å². The second-order valence-corrected chi connectivity index (χ2v) is 8.03. The quantitative estimate of drug-likeness (QED) is 0.503. The number of benzene rings is 1. The van der Waals surface area contributed by atoms with Crippen molar-refractivity contribution in [1.82, 2.24) is 15.5 Å². The van der Waals surface area contributed by atoms with E-state index < -0.39 is 0 Å². The molecule has 1 saturated heterocycles. The second-order valence-electron chi connectivity index (χ2n) is 8.03. The number of aliphatic imine (C=N–C) groups is 1. The van der Waals surface area contributed by atoms with Crippen molar-refractivity contribution >= 4 is 11.9 Å². The van der Waals surface area contributed by atoms with Crippen LogP contribution in [0.1, 0.15) is 57.9 Å². The number of hydrogen-bond donors (Lipinski definition) is 2. The normalized spacial score (nSPS) is 19.8. The molecule has 0 aromatic heterocycles. The van der Waals surface area contributed by atoms with Gasteiger partial charge in [0.15, 0.2) is 17.5 Å². The Morgan fingerprint density at radius 2 is 2.00 bits per heavy atom. The molecule has 166 valence electrons. The minimum Gasteiger partial charge on any atom is -0.493 e. The summed E-state index contributed by atoms with van der Waals surface area (Å²) in [6.07, 6.45) is 6.53. The summed E-state index contributed by atoms with van der Waals surface area (Å²) in [7, 11) is 1.68. The van der Waals surface area contributed by atoms with E-state index in [1.165, 1.54) is 12.8 Å². The molecule has 2 fully saturated rings. The fourth-order valence-electron chi connectivity index (χ4n) is 4.11. The Kier molecular flexibility index (Phi) is 8.22. The number of ether oxygens (including phenoxy) is 2. The predicted molar refractivity (Wildman–Crippen MR) is 119 cm³/mol. The van der Waals surface area contributed by atoms with E-state index in [4.69, 9.17) is 14.5 Å². The summed E-state index contributed by atoms with van der Waals surface area (Å²) in [6.45, 7) is 6.83. The summed E-state index contributed by atoms with van der Waals surface area (Å²) in [4.78, 5) is 18.6. The molecule has 0 bridgehead atoms. The Morgan fingerprint density at radius 3 is 2.70 bits per heavy atom. The van der Waals surface area contributed by atoms with Gasteiger partial charge in [-0.15, -0.1) is 0 Å². The van der Waals surface area contributed by atoms with Gasteiger partial charge in [0.1, 0.15) is 0 Å². The Morgan fingerprint density at radius 1 is 1.20 bits per heavy atom. The van der Waals surface area contributed by atoms with Crippen LogP contribution in [0.2, 0.25) is 0 Å². The molecule has 0 spiro atoms. The molecule has 0 radical (unpaired) electrons. The molecule has 1 aromatic rings. The van der Waals surface area contributed by atoms with E-state index in [1.807, 2.05) is 24.0 Å². The van der Waals surface area contributed by atoms with E-state index in [0.717, 1.165) is 61.9 Å². The average molecular weight is 417 g/mol. The number of nitrogens with zero attached hydrogens (tertiary/aromatic N) is 2. The zero-order chi connectivity index (χ0) is 21.3. The van der Waals surface area contributed by atoms with Crippen molar-refractivity contribution in [3.8, 4) is 11.5 Å². The lowest BCUT2D eigenvalue weighted by atomic mass is 10.2. The molecule has 2 N–H and O–H groups in total. The summed E-state index contributed by atoms with van der Waals surface area (Å²) >= 11 is 0. The van der Waals surface area contributed by atoms with Crippen LogP contribution < -0.4 is 20.1 Å². The van der Waals surface area contributed by atoms with Crippen molar-refractivity contribution in [3.05, 3.63) is 23.8 Å². The first-order valence-corrected chi connectivity index (χ1v) is 11.3. The largest absolute Gasteiger partial charge is 0.493 e. The third-order valence-electron chi connectivity index (χ3n) is 5.77. The predicted octanol–water partition coefficient (Wildman–Crippen LogP) is 3.08. The molecule has 1 aliphatic carbocycles. The summed E-state index contributed by atoms with van der Waals surface area (Å²) in [6, 6.07) is 6.29. The molecule has 2 aliphatic rings. The van der Waals surface area contributed by atoms with Crippen molar-refractivity contribution in [1.29, 1.82) is 0 Å². The van der Waals surface area contributed by atoms with Crippen molar-refractivity contribution in [2.75, 3.05) is 26.7 Å². The number of guanidine groups is 1. The molecule has 1 heterocycles. The van der Waals surface area contributed by atoms with Crippen molar-refractivity contribution in [3.63, 3.8) is 0 Å². The third kappa shape index (κ3) is 6.03. The molecule has 30 heavy (non-hydrogen) atoms. The van der Waals surface area contributed by atoms with Gasteiger partial charge in [-0.05, 0) is 56.7 Å². The first kappa shape index (κ1) is 22.2. The fraction of sp³-hybridized carbons (Fsp3) is 0.652. The van der Waals surface area contributed by atoms with Gasteiger partial charge >= 0.3 is 0 Å². The minimum absolute atomic E-state index is 0.216. The van der Waals surface area contributed by atoms with Crippen molar-refractivity contribution < 1.29 is 14.3 Å². The smallest absolute Gasteiger partial charge is 0.222 e. The molecule has 7 heteroatoms. The minimum atomic E-state index is 0.216. The molecule has 1 unspecified atom stereocenters. The maximum Gasteiger partial charge on any atom is 0.222 e. The Bertz CT molecular complexity index is 731. The lowest BCUT2D eigenvalue weighted by Gasteiger charge is -2.19. The van der Waals surface area contributed by atoms with Gasteiger partial charge < -0.3 is 25.0 Å². The van der Waals surface area contributed by atoms with Crippen LogP contribution >= 0.6 is 0 Å². The van der Waals surface area contributed by atoms with Gasteiger partial charge in [-0.2, -0.15) is 0 Å². The van der Waals surface area contributed by atoms with Crippen LogP contribution in [0.5, 0.6) is 11.5 Å². The van der Waals surface area contributed by atoms with Crippen LogP contribution in [0.3, 0.4) is 0 Å². The van der Waals surface area contributed by atoms with Gasteiger partial charge in [-0.3, -0.25) is 4.79 Å². The van der Waals surface area contributed by atoms with Crippen LogP contribution in [0.25, 0.3) is 0 Å². The fourth-order valence-corrected chi connectivity index (χ4v) is 4.11. The highest BCUT2D eigenvalue weighted by molar-refractivity contribution is 5.80. The van der Waals surface area contributed by atoms with Crippen molar-refractivity contribution in [2.45, 2.75) is 71.1 Å². The van der Waals surface area contributed by atoms with E-state index in [0.29, 0.717) is 19.1 Å². The van der Waals surface area contributed by atoms with Gasteiger partial charge in [0, 0.05) is 32.1 Å². The van der Waals surface area contributed by atoms with Gasteiger partial charge in [0.05, 0.1) is 19.8 Å². The third-order valence-corrected chi connectivity index (χ3v) is 5.77. The first-order chi connectivity index (χ1) is 14.6. The second kappa shape index (κ2) is 11.1. The number of carbonyl (C=O) groups excluding carboxylic acids is 1. The summed E-state index contributed by atoms with van der Waals surface area (Å²) in [5, 5.41) is 6.78. The van der Waals surface area contributed by atoms with Crippen LogP contribution in [0.4, 0.5) is 0 Å². The highest BCUT2D eigenvalue weighted by Crippen LogP contribution is 2.32. The number of nitrogens with one attached hydrogen (secondary N) is 2. The monoisotopic (exact) mass is 416 g/mol. The molecule has 1 atom stereocenters. The van der Waals surface area contributed by atoms with E-state index in [2.05, 4.69) is 23.6 Å². The zero-order valence-electron chi connectivity index (χ0n) is 18.6. The summed E-state index contributed by atoms with van der Waals surface area (Å²) in [5.41, 5.74) is 1.07. The number of rotatable bonds is 8. The maximum atomic E-state index is 11.9. The summed E-state index contributed by atoms with van der Waals surface area (Å²) in [5.74, 6) is 2.57. The zero-order valence-corrected chi connectivity index (χ0v) is 18.6. The van der Waals surface area contributed by atoms with Crippen LogP contribution in [-0.2, 0) is 11.3 Å². The molecule has 1 saturated carbocycles. The van der Waals surface area contributed by atoms with Crippen LogP contribution in [-0.4, -0.2) is 55.7 Å². The van der Waals surface area contributed by atoms with Gasteiger partial charge in [0.25, 0.3) is 0 Å². The van der Waals surface area contributed by atoms with Gasteiger partial charge in [0.2, 0.25) is 5.91 Å². The Labute approximate surface area is 180 Å². The molecule has 7 nitrogen and oxygen atoms in total. The standard InChI is InChI=1S/C23H36N4O3/c1-4-22(28)27-13-12-18(16-27)26-23(24-5-2)25-15-17-10-11-20(21(14-17)29-3)30-19-8-6-7-9-19/h10-11,14,18-19H,4-9,12-13,15-16H2,1-3H3,(H2,24,25,26). The molecule has 1 aromatic carbocycles. The SMILES string of the molecule is CCNC(=NCc1ccc(OC2CCCC2)c(OC)c1)NC1CCN(C(=O)CC)C1.